The topological polar surface area (TPSA) is 43.3 Å². The molecule has 0 spiro atoms. The quantitative estimate of drug-likeness (QED) is 0.389. The average molecular weight is 383 g/mol. The normalized spacial score (nSPS) is 11.1. The number of hydrogen-bond acceptors (Lipinski definition) is 4. The zero-order valence-electron chi connectivity index (χ0n) is 15.0. The zero-order valence-corrected chi connectivity index (χ0v) is 15.8. The van der Waals surface area contributed by atoms with E-state index in [4.69, 9.17) is 14.4 Å². The smallest absolute Gasteiger partial charge is 0.170 e. The maximum Gasteiger partial charge on any atom is 0.170 e. The van der Waals surface area contributed by atoms with Gasteiger partial charge in [-0.05, 0) is 24.3 Å². The molecule has 5 aromatic rings. The summed E-state index contributed by atoms with van der Waals surface area (Å²) in [5.41, 5.74) is 3.82. The van der Waals surface area contributed by atoms with Crippen LogP contribution >= 0.6 is 11.8 Å². The Kier molecular flexibility index (Phi) is 4.43. The van der Waals surface area contributed by atoms with Crippen LogP contribution in [-0.2, 0) is 6.42 Å². The van der Waals surface area contributed by atoms with E-state index in [1.165, 1.54) is 0 Å². The Bertz CT molecular complexity index is 1200. The number of rotatable bonds is 5. The minimum atomic E-state index is 0.658. The largest absolute Gasteiger partial charge is 0.469 e. The molecule has 4 nitrogen and oxygen atoms in total. The number of hydrogen-bond donors (Lipinski definition) is 0. The van der Waals surface area contributed by atoms with Crippen molar-refractivity contribution in [2.24, 2.45) is 0 Å². The van der Waals surface area contributed by atoms with Crippen molar-refractivity contribution in [1.29, 1.82) is 0 Å². The fourth-order valence-corrected chi connectivity index (χ4v) is 4.02. The van der Waals surface area contributed by atoms with E-state index in [-0.39, 0.29) is 0 Å². The van der Waals surface area contributed by atoms with Crippen molar-refractivity contribution >= 4 is 17.4 Å². The number of benzene rings is 2. The summed E-state index contributed by atoms with van der Waals surface area (Å²) < 4.78 is 7.55. The van der Waals surface area contributed by atoms with E-state index in [1.54, 1.807) is 18.0 Å². The number of fused-ring (bicyclic) bond motifs is 1. The molecule has 0 aliphatic carbocycles. The zero-order chi connectivity index (χ0) is 18.8. The summed E-state index contributed by atoms with van der Waals surface area (Å²) in [6.45, 7) is 0. The highest BCUT2D eigenvalue weighted by molar-refractivity contribution is 7.99. The summed E-state index contributed by atoms with van der Waals surface area (Å²) in [6, 6.07) is 24.4. The van der Waals surface area contributed by atoms with Crippen LogP contribution in [-0.4, -0.2) is 14.4 Å². The Morgan fingerprint density at radius 2 is 1.61 bits per heavy atom. The molecule has 0 aliphatic rings. The van der Waals surface area contributed by atoms with Gasteiger partial charge in [0, 0.05) is 29.3 Å². The van der Waals surface area contributed by atoms with Crippen LogP contribution in [0, 0.1) is 0 Å². The molecule has 0 aliphatic heterocycles. The second kappa shape index (κ2) is 7.37. The molecule has 3 heterocycles. The second-order valence-electron chi connectivity index (χ2n) is 6.43. The van der Waals surface area contributed by atoms with Gasteiger partial charge in [0.15, 0.2) is 5.65 Å². The van der Waals surface area contributed by atoms with Crippen molar-refractivity contribution in [3.05, 3.63) is 103 Å². The van der Waals surface area contributed by atoms with Gasteiger partial charge >= 0.3 is 0 Å². The lowest BCUT2D eigenvalue weighted by molar-refractivity contribution is 0.519. The highest BCUT2D eigenvalue weighted by atomic mass is 32.2. The van der Waals surface area contributed by atoms with Gasteiger partial charge in [0.05, 0.1) is 17.7 Å². The highest BCUT2D eigenvalue weighted by Gasteiger charge is 2.14. The average Bonchev–Trinajstić information content (AvgIpc) is 3.39. The molecule has 136 valence electrons. The van der Waals surface area contributed by atoms with E-state index in [0.717, 1.165) is 38.3 Å². The van der Waals surface area contributed by atoms with Crippen molar-refractivity contribution in [1.82, 2.24) is 14.4 Å². The third-order valence-corrected chi connectivity index (χ3v) is 5.39. The fraction of sp³-hybridized carbons (Fsp3) is 0.0435. The predicted octanol–water partition coefficient (Wildman–Crippen LogP) is 5.73. The van der Waals surface area contributed by atoms with E-state index in [9.17, 15) is 0 Å². The molecule has 5 rings (SSSR count). The van der Waals surface area contributed by atoms with Crippen LogP contribution in [0.2, 0.25) is 0 Å². The van der Waals surface area contributed by atoms with Gasteiger partial charge < -0.3 is 8.82 Å². The van der Waals surface area contributed by atoms with E-state index in [1.807, 2.05) is 54.7 Å². The number of nitrogens with zero attached hydrogens (tertiary/aromatic N) is 3. The van der Waals surface area contributed by atoms with Crippen molar-refractivity contribution in [3.8, 4) is 11.3 Å². The predicted molar refractivity (Wildman–Crippen MR) is 111 cm³/mol. The molecule has 0 unspecified atom stereocenters. The molecule has 5 heteroatoms. The van der Waals surface area contributed by atoms with Crippen molar-refractivity contribution in [2.45, 2.75) is 16.3 Å². The summed E-state index contributed by atoms with van der Waals surface area (Å²) >= 11 is 1.63. The molecule has 0 N–H and O–H groups in total. The first-order valence-electron chi connectivity index (χ1n) is 9.04. The van der Waals surface area contributed by atoms with E-state index >= 15 is 0 Å². The van der Waals surface area contributed by atoms with Gasteiger partial charge in [0.1, 0.15) is 10.8 Å². The lowest BCUT2D eigenvalue weighted by atomic mass is 10.2. The molecule has 0 saturated carbocycles. The molecule has 3 aromatic heterocycles. The molecular formula is C23H17N3OS. The van der Waals surface area contributed by atoms with Gasteiger partial charge in [-0.3, -0.25) is 0 Å². The highest BCUT2D eigenvalue weighted by Crippen LogP contribution is 2.31. The Labute approximate surface area is 166 Å². The van der Waals surface area contributed by atoms with Gasteiger partial charge in [-0.1, -0.05) is 60.3 Å². The third kappa shape index (κ3) is 3.44. The molecule has 28 heavy (non-hydrogen) atoms. The van der Waals surface area contributed by atoms with E-state index in [2.05, 4.69) is 34.9 Å². The minimum absolute atomic E-state index is 0.658. The third-order valence-electron chi connectivity index (χ3n) is 4.42. The number of aromatic nitrogens is 3. The van der Waals surface area contributed by atoms with E-state index in [0.29, 0.717) is 6.42 Å². The van der Waals surface area contributed by atoms with Gasteiger partial charge in [0.25, 0.3) is 0 Å². The SMILES string of the molecule is c1ccc(Sc2nc(-c3ccccc3)cn3cc(Cc4ccco4)nc23)cc1. The molecule has 0 atom stereocenters. The lowest BCUT2D eigenvalue weighted by Crippen LogP contribution is -1.94. The summed E-state index contributed by atoms with van der Waals surface area (Å²) in [5.74, 6) is 0.900. The van der Waals surface area contributed by atoms with Crippen LogP contribution in [0.25, 0.3) is 16.9 Å². The van der Waals surface area contributed by atoms with Crippen LogP contribution in [0.3, 0.4) is 0 Å². The molecular weight excluding hydrogens is 366 g/mol. The summed E-state index contributed by atoms with van der Waals surface area (Å²) in [5, 5.41) is 0.887. The second-order valence-corrected chi connectivity index (χ2v) is 7.49. The number of furan rings is 1. The van der Waals surface area contributed by atoms with Crippen LogP contribution in [0.15, 0.2) is 106 Å². The van der Waals surface area contributed by atoms with Crippen molar-refractivity contribution < 1.29 is 4.42 Å². The monoisotopic (exact) mass is 383 g/mol. The van der Waals surface area contributed by atoms with Crippen LogP contribution in [0.4, 0.5) is 0 Å². The molecule has 0 radical (unpaired) electrons. The first-order chi connectivity index (χ1) is 13.8. The fourth-order valence-electron chi connectivity index (χ4n) is 3.11. The molecule has 0 amide bonds. The first-order valence-corrected chi connectivity index (χ1v) is 9.86. The Hall–Kier alpha value is -3.31. The summed E-state index contributed by atoms with van der Waals surface area (Å²) in [7, 11) is 0. The van der Waals surface area contributed by atoms with Crippen molar-refractivity contribution in [3.63, 3.8) is 0 Å². The Morgan fingerprint density at radius 3 is 2.36 bits per heavy atom. The maximum absolute atomic E-state index is 5.48. The van der Waals surface area contributed by atoms with Crippen LogP contribution in [0.5, 0.6) is 0 Å². The van der Waals surface area contributed by atoms with Gasteiger partial charge in [-0.2, -0.15) is 0 Å². The number of imidazole rings is 1. The molecule has 0 bridgehead atoms. The summed E-state index contributed by atoms with van der Waals surface area (Å²) in [4.78, 5) is 10.9. The Balaban J connectivity index is 1.62. The first kappa shape index (κ1) is 16.8. The lowest BCUT2D eigenvalue weighted by Gasteiger charge is -2.07. The Morgan fingerprint density at radius 1 is 0.821 bits per heavy atom. The maximum atomic E-state index is 5.48. The van der Waals surface area contributed by atoms with Crippen LogP contribution < -0.4 is 0 Å². The van der Waals surface area contributed by atoms with E-state index < -0.39 is 0 Å². The van der Waals surface area contributed by atoms with Gasteiger partial charge in [0.2, 0.25) is 0 Å². The van der Waals surface area contributed by atoms with Crippen molar-refractivity contribution in [2.75, 3.05) is 0 Å². The van der Waals surface area contributed by atoms with Gasteiger partial charge in [-0.15, -0.1) is 0 Å². The molecule has 0 saturated heterocycles. The summed E-state index contributed by atoms with van der Waals surface area (Å²) in [6.07, 6.45) is 6.45. The molecule has 2 aromatic carbocycles. The minimum Gasteiger partial charge on any atom is -0.469 e. The van der Waals surface area contributed by atoms with Gasteiger partial charge in [-0.25, -0.2) is 9.97 Å². The standard InChI is InChI=1S/C23H17N3OS/c1-3-8-17(9-4-1)21-16-26-15-18(14-19-10-7-13-27-19)24-22(26)23(25-21)28-20-11-5-2-6-12-20/h1-13,15-16H,14H2. The van der Waals surface area contributed by atoms with Crippen LogP contribution in [0.1, 0.15) is 11.5 Å². The molecule has 0 fully saturated rings.